The smallest absolute Gasteiger partial charge is 0.340 e. The molecule has 2 atom stereocenters. The Morgan fingerprint density at radius 2 is 1.90 bits per heavy atom. The van der Waals surface area contributed by atoms with Gasteiger partial charge in [-0.25, -0.2) is 4.79 Å². The number of hydrogen-bond acceptors (Lipinski definition) is 5. The average molecular weight is 286 g/mol. The number of halogens is 2. The zero-order valence-electron chi connectivity index (χ0n) is 10.2. The second-order valence-corrected chi connectivity index (χ2v) is 3.95. The van der Waals surface area contributed by atoms with Gasteiger partial charge >= 0.3 is 11.9 Å². The monoisotopic (exact) mass is 286 g/mol. The summed E-state index contributed by atoms with van der Waals surface area (Å²) in [7, 11) is 0. The lowest BCUT2D eigenvalue weighted by Gasteiger charge is -2.26. The summed E-state index contributed by atoms with van der Waals surface area (Å²) in [6.45, 7) is 0. The van der Waals surface area contributed by atoms with Crippen molar-refractivity contribution < 1.29 is 33.0 Å². The third-order valence-electron chi connectivity index (χ3n) is 2.47. The number of ether oxygens (including phenoxy) is 1. The molecular formula is C13H12F2O5. The molecule has 1 rings (SSSR count). The number of carbonyl (C=O) groups is 3. The highest BCUT2D eigenvalue weighted by molar-refractivity contribution is 5.89. The fourth-order valence-electron chi connectivity index (χ4n) is 1.46. The molecule has 5 nitrogen and oxygen atoms in total. The highest BCUT2D eigenvalue weighted by Gasteiger charge is 2.47. The average Bonchev–Trinajstić information content (AvgIpc) is 2.45. The van der Waals surface area contributed by atoms with Crippen molar-refractivity contribution in [2.75, 3.05) is 0 Å². The highest BCUT2D eigenvalue weighted by atomic mass is 19.3. The van der Waals surface area contributed by atoms with Gasteiger partial charge in [-0.1, -0.05) is 18.2 Å². The first kappa shape index (κ1) is 15.9. The Morgan fingerprint density at radius 1 is 1.30 bits per heavy atom. The van der Waals surface area contributed by atoms with Crippen LogP contribution >= 0.6 is 0 Å². The van der Waals surface area contributed by atoms with Gasteiger partial charge in [-0.2, -0.15) is 8.78 Å². The quantitative estimate of drug-likeness (QED) is 0.597. The Hall–Kier alpha value is -2.15. The molecule has 0 aliphatic carbocycles. The fraction of sp³-hybridized carbons (Fsp3) is 0.308. The van der Waals surface area contributed by atoms with Crippen molar-refractivity contribution in [1.29, 1.82) is 0 Å². The third kappa shape index (κ3) is 3.92. The minimum atomic E-state index is -4.09. The van der Waals surface area contributed by atoms with Gasteiger partial charge in [0.25, 0.3) is 0 Å². The van der Waals surface area contributed by atoms with Crippen LogP contribution in [-0.2, 0) is 14.3 Å². The predicted molar refractivity (Wildman–Crippen MR) is 63.3 cm³/mol. The molecule has 1 unspecified atom stereocenters. The maximum absolute atomic E-state index is 13.3. The van der Waals surface area contributed by atoms with E-state index in [2.05, 4.69) is 4.74 Å². The lowest BCUT2D eigenvalue weighted by atomic mass is 10.1. The van der Waals surface area contributed by atoms with E-state index in [-0.39, 0.29) is 11.8 Å². The highest BCUT2D eigenvalue weighted by Crippen LogP contribution is 2.24. The van der Waals surface area contributed by atoms with Gasteiger partial charge < -0.3 is 14.6 Å². The predicted octanol–water partition coefficient (Wildman–Crippen LogP) is 0.996. The number of rotatable bonds is 7. The maximum Gasteiger partial charge on any atom is 0.340 e. The molecule has 0 amide bonds. The number of esters is 1. The first-order valence-electron chi connectivity index (χ1n) is 5.64. The number of alkyl halides is 2. The van der Waals surface area contributed by atoms with E-state index in [1.807, 2.05) is 0 Å². The van der Waals surface area contributed by atoms with E-state index in [0.29, 0.717) is 0 Å². The second kappa shape index (κ2) is 6.85. The molecule has 0 bridgehead atoms. The van der Waals surface area contributed by atoms with Crippen molar-refractivity contribution in [3.8, 4) is 0 Å². The molecule has 0 saturated carbocycles. The van der Waals surface area contributed by atoms with Crippen molar-refractivity contribution in [1.82, 2.24) is 0 Å². The SMILES string of the molecule is O=CC[C@@H](O)C(OC(=O)c1ccccc1)C(F)(F)C=O. The zero-order chi connectivity index (χ0) is 15.2. The number of aldehydes is 2. The number of benzene rings is 1. The minimum Gasteiger partial charge on any atom is -0.449 e. The Morgan fingerprint density at radius 3 is 2.40 bits per heavy atom. The molecule has 1 N–H and O–H groups in total. The lowest BCUT2D eigenvalue weighted by Crippen LogP contribution is -2.47. The van der Waals surface area contributed by atoms with Crippen LogP contribution in [0, 0.1) is 0 Å². The summed E-state index contributed by atoms with van der Waals surface area (Å²) in [5.74, 6) is -5.21. The Balaban J connectivity index is 2.92. The van der Waals surface area contributed by atoms with Gasteiger partial charge in [-0.05, 0) is 12.1 Å². The van der Waals surface area contributed by atoms with E-state index in [1.54, 1.807) is 6.07 Å². The van der Waals surface area contributed by atoms with Crippen molar-refractivity contribution in [2.45, 2.75) is 24.6 Å². The molecule has 108 valence electrons. The van der Waals surface area contributed by atoms with E-state index in [9.17, 15) is 28.3 Å². The summed E-state index contributed by atoms with van der Waals surface area (Å²) in [5, 5.41) is 9.42. The van der Waals surface area contributed by atoms with Crippen LogP contribution in [0.1, 0.15) is 16.8 Å². The number of carbonyl (C=O) groups excluding carboxylic acids is 3. The van der Waals surface area contributed by atoms with Gasteiger partial charge in [0.1, 0.15) is 12.4 Å². The van der Waals surface area contributed by atoms with Crippen molar-refractivity contribution in [2.24, 2.45) is 0 Å². The molecule has 0 fully saturated rings. The zero-order valence-corrected chi connectivity index (χ0v) is 10.2. The topological polar surface area (TPSA) is 80.7 Å². The molecule has 20 heavy (non-hydrogen) atoms. The molecule has 0 aliphatic heterocycles. The van der Waals surface area contributed by atoms with E-state index >= 15 is 0 Å². The van der Waals surface area contributed by atoms with Gasteiger partial charge in [0.2, 0.25) is 0 Å². The first-order chi connectivity index (χ1) is 9.42. The maximum atomic E-state index is 13.3. The van der Waals surface area contributed by atoms with Crippen molar-refractivity contribution in [3.05, 3.63) is 35.9 Å². The molecule has 0 aromatic heterocycles. The van der Waals surface area contributed by atoms with Gasteiger partial charge in [-0.15, -0.1) is 0 Å². The Labute approximate surface area is 113 Å². The molecule has 7 heteroatoms. The lowest BCUT2D eigenvalue weighted by molar-refractivity contribution is -0.165. The fourth-order valence-corrected chi connectivity index (χ4v) is 1.46. The molecule has 0 aliphatic rings. The third-order valence-corrected chi connectivity index (χ3v) is 2.47. The largest absolute Gasteiger partial charge is 0.449 e. The molecule has 0 radical (unpaired) electrons. The summed E-state index contributed by atoms with van der Waals surface area (Å²) >= 11 is 0. The standard InChI is InChI=1S/C13H12F2O5/c14-13(15,8-17)11(10(18)6-7-16)20-12(19)9-4-2-1-3-5-9/h1-5,7-8,10-11,18H,6H2/t10-,11?/m1/s1. The van der Waals surface area contributed by atoms with Crippen molar-refractivity contribution in [3.63, 3.8) is 0 Å². The van der Waals surface area contributed by atoms with Crippen molar-refractivity contribution >= 4 is 18.5 Å². The minimum absolute atomic E-state index is 0.0162. The van der Waals surface area contributed by atoms with Gasteiger partial charge in [0.05, 0.1) is 5.56 Å². The van der Waals surface area contributed by atoms with E-state index in [0.717, 1.165) is 0 Å². The Kier molecular flexibility index (Phi) is 5.45. The number of aliphatic hydroxyl groups is 1. The molecule has 0 spiro atoms. The molecule has 1 aromatic rings. The summed E-state index contributed by atoms with van der Waals surface area (Å²) in [6.07, 6.45) is -5.62. The van der Waals surface area contributed by atoms with E-state index in [1.165, 1.54) is 24.3 Å². The van der Waals surface area contributed by atoms with Crippen LogP contribution in [0.2, 0.25) is 0 Å². The van der Waals surface area contributed by atoms with Gasteiger partial charge in [-0.3, -0.25) is 4.79 Å². The molecule has 1 aromatic carbocycles. The van der Waals surface area contributed by atoms with Crippen LogP contribution < -0.4 is 0 Å². The summed E-state index contributed by atoms with van der Waals surface area (Å²) in [5.41, 5.74) is -0.0162. The number of hydrogen-bond donors (Lipinski definition) is 1. The van der Waals surface area contributed by atoms with Crippen LogP contribution in [0.15, 0.2) is 30.3 Å². The first-order valence-corrected chi connectivity index (χ1v) is 5.64. The Bertz CT molecular complexity index is 475. The molecule has 0 saturated heterocycles. The summed E-state index contributed by atoms with van der Waals surface area (Å²) < 4.78 is 31.2. The normalized spacial score (nSPS) is 14.2. The second-order valence-electron chi connectivity index (χ2n) is 3.95. The van der Waals surface area contributed by atoms with Gasteiger partial charge in [0.15, 0.2) is 12.4 Å². The van der Waals surface area contributed by atoms with E-state index in [4.69, 9.17) is 0 Å². The summed E-state index contributed by atoms with van der Waals surface area (Å²) in [4.78, 5) is 32.3. The summed E-state index contributed by atoms with van der Waals surface area (Å²) in [6, 6.07) is 7.24. The van der Waals surface area contributed by atoms with Crippen LogP contribution in [0.25, 0.3) is 0 Å². The van der Waals surface area contributed by atoms with Crippen LogP contribution in [0.3, 0.4) is 0 Å². The van der Waals surface area contributed by atoms with Crippen LogP contribution in [-0.4, -0.2) is 41.8 Å². The van der Waals surface area contributed by atoms with E-state index < -0.39 is 36.8 Å². The molecule has 0 heterocycles. The number of aliphatic hydroxyl groups excluding tert-OH is 1. The van der Waals surface area contributed by atoms with Crippen LogP contribution in [0.5, 0.6) is 0 Å². The molecular weight excluding hydrogens is 274 g/mol. The van der Waals surface area contributed by atoms with Gasteiger partial charge in [0, 0.05) is 6.42 Å². The van der Waals surface area contributed by atoms with Crippen LogP contribution in [0.4, 0.5) is 8.78 Å².